The molecule has 284 valence electrons. The number of rotatable bonds is 12. The normalized spacial score (nSPS) is 20.0. The van der Waals surface area contributed by atoms with E-state index >= 15 is 4.39 Å². The van der Waals surface area contributed by atoms with E-state index in [1.54, 1.807) is 9.47 Å². The Hall–Kier alpha value is -2.17. The number of pyridine rings is 1. The molecule has 1 saturated carbocycles. The van der Waals surface area contributed by atoms with E-state index in [4.69, 9.17) is 23.8 Å². The van der Waals surface area contributed by atoms with E-state index < -0.39 is 46.1 Å². The van der Waals surface area contributed by atoms with Crippen molar-refractivity contribution < 1.29 is 97.7 Å². The third-order valence-corrected chi connectivity index (χ3v) is 13.4. The second-order valence-electron chi connectivity index (χ2n) is 13.1. The molecule has 7 rings (SSSR count). The van der Waals surface area contributed by atoms with Crippen LogP contribution >= 0.6 is 58.7 Å². The molecule has 3 atom stereocenters. The van der Waals surface area contributed by atoms with Gasteiger partial charge in [-0.3, -0.25) is 24.1 Å². The van der Waals surface area contributed by atoms with Crippen LogP contribution < -0.4 is 95.6 Å². The average Bonchev–Trinajstić information content (AvgIpc) is 3.66. The SMILES string of the molecule is O=C(CSC(=S)NCC1=C(C(=O)[O-])N2C(=O)C(NC(=O)Cc3cccs3)C2SC1)NC1CCN(c2c(F)cc3c(=O)c(C(=O)[O-])cn(C4CC4)c3c2Cl)C1.[Na+].[Na+]. The second-order valence-corrected chi connectivity index (χ2v) is 17.3. The zero-order valence-electron chi connectivity index (χ0n) is 30.1. The van der Waals surface area contributed by atoms with Crippen LogP contribution in [0, 0.1) is 5.82 Å². The van der Waals surface area contributed by atoms with Crippen molar-refractivity contribution in [2.45, 2.75) is 49.2 Å². The fraction of sp³-hybridized carbons (Fsp3) is 0.382. The first kappa shape index (κ1) is 44.9. The number of carbonyl (C=O) groups is 5. The summed E-state index contributed by atoms with van der Waals surface area (Å²) in [6.07, 6.45) is 3.29. The van der Waals surface area contributed by atoms with Crippen molar-refractivity contribution in [3.63, 3.8) is 0 Å². The zero-order valence-corrected chi connectivity index (χ0v) is 38.1. The van der Waals surface area contributed by atoms with Gasteiger partial charge in [0.25, 0.3) is 5.91 Å². The Morgan fingerprint density at radius 3 is 2.48 bits per heavy atom. The van der Waals surface area contributed by atoms with E-state index in [9.17, 15) is 39.0 Å². The van der Waals surface area contributed by atoms with Crippen LogP contribution in [0.1, 0.15) is 40.5 Å². The number of fused-ring (bicyclic) bond motifs is 2. The summed E-state index contributed by atoms with van der Waals surface area (Å²) >= 11 is 15.9. The molecule has 1 aromatic carbocycles. The molecule has 3 fully saturated rings. The Kier molecular flexibility index (Phi) is 15.1. The van der Waals surface area contributed by atoms with Gasteiger partial charge in [-0.05, 0) is 42.3 Å². The maximum absolute atomic E-state index is 15.5. The van der Waals surface area contributed by atoms with Crippen molar-refractivity contribution in [3.8, 4) is 0 Å². The summed E-state index contributed by atoms with van der Waals surface area (Å²) in [5.74, 6) is -5.01. The van der Waals surface area contributed by atoms with Crippen molar-refractivity contribution >= 4 is 109 Å². The molecule has 3 unspecified atom stereocenters. The van der Waals surface area contributed by atoms with Gasteiger partial charge in [0, 0.05) is 48.5 Å². The molecule has 56 heavy (non-hydrogen) atoms. The number of anilines is 1. The maximum atomic E-state index is 15.5. The van der Waals surface area contributed by atoms with Gasteiger partial charge >= 0.3 is 59.1 Å². The van der Waals surface area contributed by atoms with Gasteiger partial charge in [0.05, 0.1) is 57.0 Å². The Bertz CT molecular complexity index is 2210. The molecule has 3 amide bonds. The average molecular weight is 879 g/mol. The number of carbonyl (C=O) groups excluding carboxylic acids is 5. The molecule has 3 aromatic rings. The molecule has 4 aliphatic rings. The van der Waals surface area contributed by atoms with Crippen LogP contribution in [0.2, 0.25) is 5.02 Å². The van der Waals surface area contributed by atoms with E-state index in [1.165, 1.54) is 29.3 Å². The topological polar surface area (TPSA) is 196 Å². The van der Waals surface area contributed by atoms with E-state index in [0.29, 0.717) is 18.5 Å². The number of thiophene rings is 1. The van der Waals surface area contributed by atoms with Crippen molar-refractivity contribution in [2.75, 3.05) is 36.0 Å². The minimum atomic E-state index is -1.65. The van der Waals surface area contributed by atoms with Crippen molar-refractivity contribution in [2.24, 2.45) is 0 Å². The van der Waals surface area contributed by atoms with Crippen molar-refractivity contribution in [3.05, 3.63) is 72.5 Å². The number of benzene rings is 1. The standard InChI is InChI=1S/C34H32ClFN6O8S4.2Na/c35-24-27-19(29(45)20(32(47)48)12-41(27)17-3-4-17)9-21(36)28(24)40-6-5-16(11-40)38-23(44)14-54-34(51)37-10-15-13-53-31-25(30(46)42(31)26(15)33(49)50)39-22(43)8-18-2-1-7-52-18;;/h1-2,7,9,12,16-17,25,31H,3-6,8,10-11,13-14H2,(H,37,51)(H,38,44)(H,39,43)(H,47,48)(H,49,50);;/q;2*+1/p-2. The molecule has 2 aromatic heterocycles. The van der Waals surface area contributed by atoms with Crippen LogP contribution in [0.5, 0.6) is 0 Å². The third-order valence-electron chi connectivity index (χ3n) is 9.47. The maximum Gasteiger partial charge on any atom is 1.00 e. The predicted molar refractivity (Wildman–Crippen MR) is 203 cm³/mol. The number of carboxylic acids is 2. The third kappa shape index (κ3) is 9.33. The molecule has 3 aliphatic heterocycles. The number of aliphatic carboxylic acids is 1. The minimum absolute atomic E-state index is 0. The summed E-state index contributed by atoms with van der Waals surface area (Å²) in [5.41, 5.74) is -1.02. The summed E-state index contributed by atoms with van der Waals surface area (Å²) < 4.78 is 17.4. The number of β-lactam (4-membered cyclic amide) rings is 1. The molecular formula is C34H30ClFN6Na2O8S4. The Morgan fingerprint density at radius 1 is 1.07 bits per heavy atom. The number of carboxylic acid groups (broad SMARTS) is 2. The van der Waals surface area contributed by atoms with Crippen LogP contribution in [0.3, 0.4) is 0 Å². The van der Waals surface area contributed by atoms with Gasteiger partial charge in [-0.1, -0.05) is 41.6 Å². The number of aromatic carboxylic acids is 1. The van der Waals surface area contributed by atoms with E-state index in [-0.39, 0.29) is 146 Å². The zero-order chi connectivity index (χ0) is 38.4. The van der Waals surface area contributed by atoms with Gasteiger partial charge in [-0.2, -0.15) is 0 Å². The quantitative estimate of drug-likeness (QED) is 0.0888. The first-order chi connectivity index (χ1) is 25.8. The minimum Gasteiger partial charge on any atom is -0.545 e. The van der Waals surface area contributed by atoms with Crippen molar-refractivity contribution in [1.29, 1.82) is 0 Å². The molecule has 22 heteroatoms. The molecule has 5 heterocycles. The van der Waals surface area contributed by atoms with E-state index in [1.807, 2.05) is 17.5 Å². The van der Waals surface area contributed by atoms with Crippen LogP contribution in [0.4, 0.5) is 10.1 Å². The molecule has 0 radical (unpaired) electrons. The molecule has 14 nitrogen and oxygen atoms in total. The first-order valence-electron chi connectivity index (χ1n) is 16.7. The fourth-order valence-electron chi connectivity index (χ4n) is 6.82. The summed E-state index contributed by atoms with van der Waals surface area (Å²) in [6.45, 7) is 0.565. The van der Waals surface area contributed by atoms with Gasteiger partial charge in [0.2, 0.25) is 11.8 Å². The Labute approximate surface area is 386 Å². The van der Waals surface area contributed by atoms with Gasteiger partial charge in [-0.25, -0.2) is 4.39 Å². The van der Waals surface area contributed by atoms with Crippen LogP contribution in [-0.2, 0) is 25.6 Å². The summed E-state index contributed by atoms with van der Waals surface area (Å²) in [7, 11) is 0. The molecular weight excluding hydrogens is 849 g/mol. The summed E-state index contributed by atoms with van der Waals surface area (Å²) in [6, 6.07) is 3.35. The first-order valence-corrected chi connectivity index (χ1v) is 20.4. The van der Waals surface area contributed by atoms with Gasteiger partial charge in [0.1, 0.15) is 21.6 Å². The van der Waals surface area contributed by atoms with E-state index in [2.05, 4.69) is 16.0 Å². The number of aromatic nitrogens is 1. The second kappa shape index (κ2) is 18.8. The predicted octanol–water partition coefficient (Wildman–Crippen LogP) is -5.49. The summed E-state index contributed by atoms with van der Waals surface area (Å²) in [5, 5.41) is 33.4. The molecule has 3 N–H and O–H groups in total. The number of halogens is 2. The number of nitrogens with zero attached hydrogens (tertiary/aromatic N) is 3. The van der Waals surface area contributed by atoms with Crippen LogP contribution in [0.15, 0.2) is 45.8 Å². The number of nitrogens with one attached hydrogen (secondary N) is 3. The van der Waals surface area contributed by atoms with Gasteiger partial charge in [0.15, 0.2) is 5.43 Å². The molecule has 1 aliphatic carbocycles. The largest absolute Gasteiger partial charge is 1.00 e. The molecule has 2 saturated heterocycles. The smallest absolute Gasteiger partial charge is 0.545 e. The van der Waals surface area contributed by atoms with Gasteiger partial charge < -0.3 is 45.2 Å². The number of thiocarbonyl (C=S) groups is 1. The van der Waals surface area contributed by atoms with Crippen LogP contribution in [-0.4, -0.2) is 92.0 Å². The Balaban J connectivity index is 0.00000300. The number of amides is 3. The summed E-state index contributed by atoms with van der Waals surface area (Å²) in [4.78, 5) is 78.5. The fourth-order valence-corrected chi connectivity index (χ4v) is 10.0. The van der Waals surface area contributed by atoms with E-state index in [0.717, 1.165) is 40.4 Å². The monoisotopic (exact) mass is 878 g/mol. The molecule has 0 bridgehead atoms. The number of thioether (sulfide) groups is 2. The van der Waals surface area contributed by atoms with Crippen LogP contribution in [0.25, 0.3) is 10.9 Å². The number of hydrogen-bond donors (Lipinski definition) is 3. The number of hydrogen-bond acceptors (Lipinski definition) is 13. The molecule has 0 spiro atoms. The Morgan fingerprint density at radius 2 is 1.82 bits per heavy atom. The van der Waals surface area contributed by atoms with Crippen molar-refractivity contribution in [1.82, 2.24) is 25.4 Å². The van der Waals surface area contributed by atoms with Gasteiger partial charge in [-0.15, -0.1) is 23.1 Å².